The lowest BCUT2D eigenvalue weighted by molar-refractivity contribution is -0.312. The summed E-state index contributed by atoms with van der Waals surface area (Å²) in [5.41, 5.74) is 1.01. The van der Waals surface area contributed by atoms with Crippen LogP contribution in [-0.4, -0.2) is 24.0 Å². The number of allylic oxidation sites excluding steroid dienone is 1. The molecule has 1 aromatic carbocycles. The summed E-state index contributed by atoms with van der Waals surface area (Å²) in [5, 5.41) is 1.51. The molecule has 39 heavy (non-hydrogen) atoms. The third-order valence-corrected chi connectivity index (χ3v) is 10.9. The van der Waals surface area contributed by atoms with E-state index in [4.69, 9.17) is 5.73 Å². The molecule has 1 unspecified atom stereocenters. The zero-order valence-electron chi connectivity index (χ0n) is 22.0. The van der Waals surface area contributed by atoms with Gasteiger partial charge in [-0.25, -0.2) is 0 Å². The molecule has 4 aliphatic carbocycles. The summed E-state index contributed by atoms with van der Waals surface area (Å²) < 4.78 is 86.0. The largest absolute Gasteiger partial charge is 0.424 e. The van der Waals surface area contributed by atoms with E-state index in [-0.39, 0.29) is 35.4 Å². The molecule has 0 bridgehead atoms. The SMILES string of the molecule is C[C@]12CCC(=O)C(N)=C1CC[C@@H]1[C@H]2CC[C@]2(C)C(C(=O)NC(c3ccccc3)(C(F)(F)F)C(F)(F)F)CC[C@@H]12. The highest BCUT2D eigenvalue weighted by Crippen LogP contribution is 2.67. The fraction of sp³-hybridized carbons (Fsp3) is 0.655. The van der Waals surface area contributed by atoms with E-state index in [0.29, 0.717) is 44.2 Å². The minimum atomic E-state index is -5.81. The summed E-state index contributed by atoms with van der Waals surface area (Å²) in [5.74, 6) is -1.84. The molecule has 0 heterocycles. The molecular weight excluding hydrogens is 522 g/mol. The number of ketones is 1. The minimum absolute atomic E-state index is 0.00729. The number of hydrogen-bond donors (Lipinski definition) is 2. The normalized spacial score (nSPS) is 35.2. The van der Waals surface area contributed by atoms with Gasteiger partial charge in [-0.3, -0.25) is 9.59 Å². The Balaban J connectivity index is 1.46. The zero-order valence-corrected chi connectivity index (χ0v) is 22.0. The number of carbonyl (C=O) groups is 2. The van der Waals surface area contributed by atoms with E-state index < -0.39 is 40.7 Å². The van der Waals surface area contributed by atoms with Gasteiger partial charge >= 0.3 is 12.4 Å². The molecule has 4 aliphatic rings. The standard InChI is InChI=1S/C29H34F6N2O2/c1-25-15-13-22(38)23(36)20(25)9-8-17-18-10-11-21(26(18,2)14-12-19(17)25)24(39)37-27(28(30,31)32,29(33,34)35)16-6-4-3-5-7-16/h3-7,17-19,21H,8-15,36H2,1-2H3,(H,37,39)/t17-,18-,19+,21?,25+,26-/m0/s1. The number of hydrogen-bond acceptors (Lipinski definition) is 3. The van der Waals surface area contributed by atoms with Gasteiger partial charge in [0.15, 0.2) is 5.78 Å². The van der Waals surface area contributed by atoms with Crippen LogP contribution in [0, 0.1) is 34.5 Å². The Kier molecular flexibility index (Phi) is 6.46. The van der Waals surface area contributed by atoms with Gasteiger partial charge in [0.1, 0.15) is 0 Å². The number of nitrogens with one attached hydrogen (secondary N) is 1. The molecule has 1 aromatic rings. The predicted molar refractivity (Wildman–Crippen MR) is 132 cm³/mol. The van der Waals surface area contributed by atoms with E-state index in [1.165, 1.54) is 11.4 Å². The molecule has 3 fully saturated rings. The number of alkyl halides is 6. The molecule has 0 saturated heterocycles. The van der Waals surface area contributed by atoms with E-state index in [2.05, 4.69) is 6.92 Å². The molecule has 10 heteroatoms. The summed E-state index contributed by atoms with van der Waals surface area (Å²) in [4.78, 5) is 25.8. The summed E-state index contributed by atoms with van der Waals surface area (Å²) in [7, 11) is 0. The van der Waals surface area contributed by atoms with Crippen molar-refractivity contribution in [1.29, 1.82) is 0 Å². The molecule has 1 amide bonds. The highest BCUT2D eigenvalue weighted by Gasteiger charge is 2.73. The quantitative estimate of drug-likeness (QED) is 0.415. The fourth-order valence-electron chi connectivity index (χ4n) is 8.85. The number of carbonyl (C=O) groups excluding carboxylic acids is 2. The Morgan fingerprint density at radius 1 is 0.897 bits per heavy atom. The van der Waals surface area contributed by atoms with Crippen LogP contribution in [0.1, 0.15) is 70.8 Å². The summed E-state index contributed by atoms with van der Waals surface area (Å²) in [6.07, 6.45) is -7.15. The Bertz CT molecular complexity index is 1180. The van der Waals surface area contributed by atoms with E-state index >= 15 is 0 Å². The molecule has 6 atom stereocenters. The monoisotopic (exact) mass is 556 g/mol. The first-order chi connectivity index (χ1) is 18.1. The predicted octanol–water partition coefficient (Wildman–Crippen LogP) is 6.56. The van der Waals surface area contributed by atoms with Crippen molar-refractivity contribution in [2.45, 2.75) is 83.1 Å². The summed E-state index contributed by atoms with van der Waals surface area (Å²) >= 11 is 0. The van der Waals surface area contributed by atoms with Crippen LogP contribution in [0.25, 0.3) is 0 Å². The van der Waals surface area contributed by atoms with E-state index in [1.807, 2.05) is 6.92 Å². The maximum atomic E-state index is 14.3. The van der Waals surface area contributed by atoms with Gasteiger partial charge in [-0.15, -0.1) is 0 Å². The molecule has 214 valence electrons. The number of halogens is 6. The Morgan fingerprint density at radius 2 is 1.54 bits per heavy atom. The average molecular weight is 557 g/mol. The molecule has 0 aliphatic heterocycles. The third-order valence-electron chi connectivity index (χ3n) is 10.9. The number of fused-ring (bicyclic) bond motifs is 5. The van der Waals surface area contributed by atoms with Crippen molar-refractivity contribution >= 4 is 11.7 Å². The van der Waals surface area contributed by atoms with Crippen molar-refractivity contribution in [2.75, 3.05) is 0 Å². The van der Waals surface area contributed by atoms with Gasteiger partial charge in [0, 0.05) is 12.3 Å². The van der Waals surface area contributed by atoms with Gasteiger partial charge in [-0.2, -0.15) is 26.3 Å². The van der Waals surface area contributed by atoms with Crippen LogP contribution in [0.15, 0.2) is 41.6 Å². The second kappa shape index (κ2) is 8.99. The lowest BCUT2D eigenvalue weighted by Gasteiger charge is -2.58. The minimum Gasteiger partial charge on any atom is -0.396 e. The number of benzene rings is 1. The van der Waals surface area contributed by atoms with E-state index in [9.17, 15) is 35.9 Å². The second-order valence-electron chi connectivity index (χ2n) is 12.4. The maximum absolute atomic E-state index is 14.3. The second-order valence-corrected chi connectivity index (χ2v) is 12.4. The smallest absolute Gasteiger partial charge is 0.396 e. The van der Waals surface area contributed by atoms with Crippen LogP contribution in [-0.2, 0) is 15.1 Å². The lowest BCUT2D eigenvalue weighted by Crippen LogP contribution is -2.66. The average Bonchev–Trinajstić information content (AvgIpc) is 3.21. The number of Topliss-reactive ketones (excluding diaryl/α,β-unsaturated/α-hetero) is 1. The highest BCUT2D eigenvalue weighted by atomic mass is 19.4. The summed E-state index contributed by atoms with van der Waals surface area (Å²) in [6.45, 7) is 4.00. The Labute approximate surface area is 223 Å². The zero-order chi connectivity index (χ0) is 28.6. The molecule has 0 spiro atoms. The highest BCUT2D eigenvalue weighted by molar-refractivity contribution is 5.96. The summed E-state index contributed by atoms with van der Waals surface area (Å²) in [6, 6.07) is 5.02. The van der Waals surface area contributed by atoms with Crippen molar-refractivity contribution < 1.29 is 35.9 Å². The van der Waals surface area contributed by atoms with Crippen LogP contribution < -0.4 is 11.1 Å². The van der Waals surface area contributed by atoms with E-state index in [1.54, 1.807) is 0 Å². The number of amides is 1. The van der Waals surface area contributed by atoms with Crippen molar-refractivity contribution in [3.8, 4) is 0 Å². The first-order valence-electron chi connectivity index (χ1n) is 13.6. The Hall–Kier alpha value is -2.52. The van der Waals surface area contributed by atoms with Crippen LogP contribution in [0.2, 0.25) is 0 Å². The first-order valence-corrected chi connectivity index (χ1v) is 13.6. The molecular formula is C29H34F6N2O2. The molecule has 0 radical (unpaired) electrons. The van der Waals surface area contributed by atoms with Crippen molar-refractivity contribution in [3.05, 3.63) is 47.2 Å². The number of nitrogens with two attached hydrogens (primary N) is 1. The van der Waals surface area contributed by atoms with Crippen LogP contribution in [0.3, 0.4) is 0 Å². The van der Waals surface area contributed by atoms with Crippen molar-refractivity contribution in [1.82, 2.24) is 5.32 Å². The third kappa shape index (κ3) is 3.94. The van der Waals surface area contributed by atoms with Gasteiger partial charge in [0.2, 0.25) is 5.91 Å². The molecule has 3 saturated carbocycles. The maximum Gasteiger partial charge on any atom is 0.424 e. The van der Waals surface area contributed by atoms with Crippen molar-refractivity contribution in [2.24, 2.45) is 40.2 Å². The fourth-order valence-corrected chi connectivity index (χ4v) is 8.85. The van der Waals surface area contributed by atoms with Gasteiger partial charge in [0.25, 0.3) is 5.54 Å². The molecule has 0 aromatic heterocycles. The van der Waals surface area contributed by atoms with Crippen LogP contribution >= 0.6 is 0 Å². The molecule has 4 nitrogen and oxygen atoms in total. The Morgan fingerprint density at radius 3 is 2.15 bits per heavy atom. The molecule has 3 N–H and O–H groups in total. The van der Waals surface area contributed by atoms with Crippen LogP contribution in [0.5, 0.6) is 0 Å². The van der Waals surface area contributed by atoms with Crippen LogP contribution in [0.4, 0.5) is 26.3 Å². The lowest BCUT2D eigenvalue weighted by atomic mass is 9.46. The van der Waals surface area contributed by atoms with E-state index in [0.717, 1.165) is 36.3 Å². The number of rotatable bonds is 3. The van der Waals surface area contributed by atoms with Gasteiger partial charge in [-0.05, 0) is 84.7 Å². The van der Waals surface area contributed by atoms with Gasteiger partial charge < -0.3 is 11.1 Å². The van der Waals surface area contributed by atoms with Gasteiger partial charge in [0.05, 0.1) is 5.70 Å². The topological polar surface area (TPSA) is 72.2 Å². The molecule has 5 rings (SSSR count). The first kappa shape index (κ1) is 28.0. The van der Waals surface area contributed by atoms with Crippen molar-refractivity contribution in [3.63, 3.8) is 0 Å². The van der Waals surface area contributed by atoms with Gasteiger partial charge in [-0.1, -0.05) is 44.2 Å².